The number of anilines is 1. The molecule has 11 heteroatoms. The third kappa shape index (κ3) is 5.53. The Bertz CT molecular complexity index is 1260. The molecule has 2 aromatic carbocycles. The van der Waals surface area contributed by atoms with Crippen molar-refractivity contribution in [3.05, 3.63) is 70.2 Å². The summed E-state index contributed by atoms with van der Waals surface area (Å²) in [6.07, 6.45) is -0.449. The number of amides is 1. The maximum atomic E-state index is 13.9. The van der Waals surface area contributed by atoms with Crippen molar-refractivity contribution in [2.75, 3.05) is 18.0 Å². The van der Waals surface area contributed by atoms with Crippen molar-refractivity contribution < 1.29 is 19.4 Å². The van der Waals surface area contributed by atoms with E-state index >= 15 is 0 Å². The summed E-state index contributed by atoms with van der Waals surface area (Å²) < 4.78 is 5.14. The zero-order chi connectivity index (χ0) is 25.1. The summed E-state index contributed by atoms with van der Waals surface area (Å²) in [5.74, 6) is -0.431. The van der Waals surface area contributed by atoms with Gasteiger partial charge in [0.15, 0.2) is 5.96 Å². The monoisotopic (exact) mass is 532 g/mol. The maximum Gasteiger partial charge on any atom is 0.512 e. The van der Waals surface area contributed by atoms with E-state index in [0.717, 1.165) is 21.8 Å². The Morgan fingerprint density at radius 2 is 1.80 bits per heavy atom. The van der Waals surface area contributed by atoms with E-state index in [1.54, 1.807) is 28.0 Å². The molecule has 4 N–H and O–H groups in total. The van der Waals surface area contributed by atoms with Crippen molar-refractivity contribution in [2.45, 2.75) is 18.9 Å². The van der Waals surface area contributed by atoms with E-state index in [9.17, 15) is 14.7 Å². The van der Waals surface area contributed by atoms with Gasteiger partial charge in [0.2, 0.25) is 5.06 Å². The van der Waals surface area contributed by atoms with Crippen molar-refractivity contribution in [3.63, 3.8) is 0 Å². The van der Waals surface area contributed by atoms with E-state index in [0.29, 0.717) is 36.6 Å². The van der Waals surface area contributed by atoms with Gasteiger partial charge in [-0.25, -0.2) is 4.79 Å². The molecule has 0 saturated carbocycles. The molecule has 1 fully saturated rings. The number of benzene rings is 2. The van der Waals surface area contributed by atoms with Crippen molar-refractivity contribution in [1.82, 2.24) is 4.90 Å². The predicted octanol–water partition coefficient (Wildman–Crippen LogP) is 5.78. The summed E-state index contributed by atoms with van der Waals surface area (Å²) in [7, 11) is 0. The number of halogens is 2. The predicted molar refractivity (Wildman–Crippen MR) is 138 cm³/mol. The molecule has 1 amide bonds. The summed E-state index contributed by atoms with van der Waals surface area (Å²) in [5, 5.41) is 17.8. The Morgan fingerprint density at radius 3 is 2.40 bits per heavy atom. The Morgan fingerprint density at radius 1 is 1.11 bits per heavy atom. The van der Waals surface area contributed by atoms with Crippen LogP contribution in [0.3, 0.4) is 0 Å². The number of thiophene rings is 1. The van der Waals surface area contributed by atoms with Crippen molar-refractivity contribution in [3.8, 4) is 15.5 Å². The SMILES string of the molecule is N=C(N)N1CCC(N(C(=O)c2ccc(Cl)cc2Cl)c2cc(-c3ccccc3)sc2OC(=O)O)CC1. The fourth-order valence-electron chi connectivity index (χ4n) is 4.06. The summed E-state index contributed by atoms with van der Waals surface area (Å²) in [6.45, 7) is 0.950. The molecule has 182 valence electrons. The summed E-state index contributed by atoms with van der Waals surface area (Å²) in [6, 6.07) is 15.5. The smallest absolute Gasteiger partial charge is 0.449 e. The van der Waals surface area contributed by atoms with E-state index in [1.165, 1.54) is 6.07 Å². The molecule has 0 unspecified atom stereocenters. The summed E-state index contributed by atoms with van der Waals surface area (Å²) in [5.41, 5.74) is 7.09. The molecule has 3 aromatic rings. The summed E-state index contributed by atoms with van der Waals surface area (Å²) >= 11 is 13.6. The first-order valence-corrected chi connectivity index (χ1v) is 12.3. The van der Waals surface area contributed by atoms with Crippen LogP contribution in [0.25, 0.3) is 10.4 Å². The van der Waals surface area contributed by atoms with E-state index in [1.807, 2.05) is 30.3 Å². The lowest BCUT2D eigenvalue weighted by Crippen LogP contribution is -2.50. The molecule has 0 bridgehead atoms. The number of carboxylic acid groups (broad SMARTS) is 1. The molecule has 1 aliphatic heterocycles. The van der Waals surface area contributed by atoms with Gasteiger partial charge in [0.1, 0.15) is 0 Å². The van der Waals surface area contributed by atoms with Gasteiger partial charge >= 0.3 is 6.16 Å². The number of nitrogens with two attached hydrogens (primary N) is 1. The van der Waals surface area contributed by atoms with Crippen molar-refractivity contribution in [2.24, 2.45) is 5.73 Å². The average molecular weight is 533 g/mol. The van der Waals surface area contributed by atoms with Crippen LogP contribution in [-0.4, -0.2) is 47.2 Å². The van der Waals surface area contributed by atoms with Crippen molar-refractivity contribution >= 4 is 58.2 Å². The molecule has 1 aliphatic rings. The molecular weight excluding hydrogens is 511 g/mol. The van der Waals surface area contributed by atoms with Crippen LogP contribution < -0.4 is 15.4 Å². The second-order valence-corrected chi connectivity index (χ2v) is 9.78. The van der Waals surface area contributed by atoms with Crippen LogP contribution in [-0.2, 0) is 0 Å². The highest BCUT2D eigenvalue weighted by Gasteiger charge is 2.34. The van der Waals surface area contributed by atoms with E-state index < -0.39 is 12.1 Å². The number of nitrogens with one attached hydrogen (secondary N) is 1. The molecule has 1 saturated heterocycles. The zero-order valence-corrected chi connectivity index (χ0v) is 20.7. The number of piperidine rings is 1. The fourth-order valence-corrected chi connectivity index (χ4v) is 5.55. The lowest BCUT2D eigenvalue weighted by Gasteiger charge is -2.38. The van der Waals surface area contributed by atoms with Gasteiger partial charge < -0.3 is 25.4 Å². The minimum Gasteiger partial charge on any atom is -0.449 e. The molecule has 0 atom stereocenters. The number of guanidine groups is 1. The Labute approximate surface area is 215 Å². The fraction of sp³-hybridized carbons (Fsp3) is 0.208. The van der Waals surface area contributed by atoms with Crippen LogP contribution >= 0.6 is 34.5 Å². The molecule has 2 heterocycles. The molecule has 4 rings (SSSR count). The molecule has 8 nitrogen and oxygen atoms in total. The third-order valence-corrected chi connectivity index (χ3v) is 7.33. The van der Waals surface area contributed by atoms with Crippen LogP contribution in [0, 0.1) is 5.41 Å². The lowest BCUT2D eigenvalue weighted by atomic mass is 10.0. The number of carbonyl (C=O) groups excluding carboxylic acids is 1. The first-order valence-electron chi connectivity index (χ1n) is 10.7. The maximum absolute atomic E-state index is 13.9. The van der Waals surface area contributed by atoms with Gasteiger partial charge in [-0.1, -0.05) is 64.9 Å². The quantitative estimate of drug-likeness (QED) is 0.217. The number of ether oxygens (including phenoxy) is 1. The second-order valence-electron chi connectivity index (χ2n) is 7.92. The standard InChI is InChI=1S/C24H22Cl2N4O4S/c25-15-6-7-17(18(26)12-15)21(31)30(16-8-10-29(11-9-16)23(27)28)19-13-20(14-4-2-1-3-5-14)35-22(19)34-24(32)33/h1-7,12-13,16H,8-11H2,(H3,27,28)(H,32,33). The number of carbonyl (C=O) groups is 2. The molecule has 0 radical (unpaired) electrons. The summed E-state index contributed by atoms with van der Waals surface area (Å²) in [4.78, 5) is 29.4. The lowest BCUT2D eigenvalue weighted by molar-refractivity contribution is 0.0965. The van der Waals surface area contributed by atoms with Crippen LogP contribution in [0.2, 0.25) is 10.0 Å². The van der Waals surface area contributed by atoms with Crippen LogP contribution in [0.5, 0.6) is 5.06 Å². The number of hydrogen-bond donors (Lipinski definition) is 3. The van der Waals surface area contributed by atoms with Crippen LogP contribution in [0.15, 0.2) is 54.6 Å². The first kappa shape index (κ1) is 24.8. The molecule has 0 spiro atoms. The molecular formula is C24H22Cl2N4O4S. The first-order chi connectivity index (χ1) is 16.7. The molecule has 0 aliphatic carbocycles. The zero-order valence-electron chi connectivity index (χ0n) is 18.4. The van der Waals surface area contributed by atoms with E-state index in [4.69, 9.17) is 39.1 Å². The highest BCUT2D eigenvalue weighted by atomic mass is 35.5. The Hall–Kier alpha value is -3.27. The van der Waals surface area contributed by atoms with Gasteiger partial charge in [0, 0.05) is 29.0 Å². The molecule has 35 heavy (non-hydrogen) atoms. The van der Waals surface area contributed by atoms with Gasteiger partial charge in [0.25, 0.3) is 5.91 Å². The van der Waals surface area contributed by atoms with Gasteiger partial charge in [-0.05, 0) is 42.7 Å². The van der Waals surface area contributed by atoms with E-state index in [2.05, 4.69) is 0 Å². The van der Waals surface area contributed by atoms with Crippen LogP contribution in [0.1, 0.15) is 23.2 Å². The largest absolute Gasteiger partial charge is 0.512 e. The second kappa shape index (κ2) is 10.6. The van der Waals surface area contributed by atoms with Gasteiger partial charge in [0.05, 0.1) is 16.3 Å². The molecule has 1 aromatic heterocycles. The van der Waals surface area contributed by atoms with Gasteiger partial charge in [-0.15, -0.1) is 0 Å². The highest BCUT2D eigenvalue weighted by Crippen LogP contribution is 2.45. The van der Waals surface area contributed by atoms with E-state index in [-0.39, 0.29) is 27.7 Å². The Balaban J connectivity index is 1.81. The third-order valence-electron chi connectivity index (χ3n) is 5.73. The van der Waals surface area contributed by atoms with Gasteiger partial charge in [-0.2, -0.15) is 0 Å². The topological polar surface area (TPSA) is 120 Å². The normalized spacial score (nSPS) is 13.9. The van der Waals surface area contributed by atoms with Gasteiger partial charge in [-0.3, -0.25) is 10.2 Å². The van der Waals surface area contributed by atoms with Crippen molar-refractivity contribution in [1.29, 1.82) is 5.41 Å². The number of likely N-dealkylation sites (tertiary alicyclic amines) is 1. The van der Waals surface area contributed by atoms with Crippen LogP contribution in [0.4, 0.5) is 10.5 Å². The number of nitrogens with zero attached hydrogens (tertiary/aromatic N) is 2. The average Bonchev–Trinajstić information content (AvgIpc) is 3.22. The number of rotatable bonds is 5. The minimum absolute atomic E-state index is 0.0288. The highest BCUT2D eigenvalue weighted by molar-refractivity contribution is 7.18. The Kier molecular flexibility index (Phi) is 7.49. The number of hydrogen-bond acceptors (Lipinski definition) is 5. The minimum atomic E-state index is -1.48.